The van der Waals surface area contributed by atoms with Gasteiger partial charge in [0.25, 0.3) is 0 Å². The molecule has 70 valence electrons. The summed E-state index contributed by atoms with van der Waals surface area (Å²) in [6.45, 7) is 1.86. The topological polar surface area (TPSA) is 53.4 Å². The van der Waals surface area contributed by atoms with Crippen LogP contribution in [0.5, 0.6) is 0 Å². The SMILES string of the molecule is Cc1cc(N(C)C(=O)O)cnc1Br. The monoisotopic (exact) mass is 244 g/mol. The molecule has 1 heterocycles. The maximum atomic E-state index is 10.6. The summed E-state index contributed by atoms with van der Waals surface area (Å²) in [7, 11) is 1.48. The zero-order valence-electron chi connectivity index (χ0n) is 7.28. The van der Waals surface area contributed by atoms with Crippen LogP contribution in [-0.2, 0) is 0 Å². The number of amides is 1. The lowest BCUT2D eigenvalue weighted by molar-refractivity contribution is 0.203. The average molecular weight is 245 g/mol. The van der Waals surface area contributed by atoms with Crippen molar-refractivity contribution in [2.75, 3.05) is 11.9 Å². The highest BCUT2D eigenvalue weighted by atomic mass is 79.9. The number of hydrogen-bond acceptors (Lipinski definition) is 2. The van der Waals surface area contributed by atoms with Crippen molar-refractivity contribution in [2.45, 2.75) is 6.92 Å². The molecular formula is C8H9BrN2O2. The third-order valence-corrected chi connectivity index (χ3v) is 2.50. The summed E-state index contributed by atoms with van der Waals surface area (Å²) in [6.07, 6.45) is 0.508. The molecule has 0 atom stereocenters. The molecule has 0 aromatic carbocycles. The van der Waals surface area contributed by atoms with Gasteiger partial charge in [0.1, 0.15) is 4.60 Å². The highest BCUT2D eigenvalue weighted by Crippen LogP contribution is 2.19. The van der Waals surface area contributed by atoms with E-state index in [9.17, 15) is 4.79 Å². The Labute approximate surface area is 84.3 Å². The summed E-state index contributed by atoms with van der Waals surface area (Å²) >= 11 is 3.24. The van der Waals surface area contributed by atoms with Crippen LogP contribution in [0.15, 0.2) is 16.9 Å². The van der Waals surface area contributed by atoms with Gasteiger partial charge in [0.15, 0.2) is 0 Å². The minimum Gasteiger partial charge on any atom is -0.465 e. The molecule has 4 nitrogen and oxygen atoms in total. The van der Waals surface area contributed by atoms with E-state index in [0.29, 0.717) is 5.69 Å². The highest BCUT2D eigenvalue weighted by Gasteiger charge is 2.09. The van der Waals surface area contributed by atoms with E-state index in [4.69, 9.17) is 5.11 Å². The van der Waals surface area contributed by atoms with E-state index < -0.39 is 6.09 Å². The molecule has 1 rings (SSSR count). The first-order valence-corrected chi connectivity index (χ1v) is 4.40. The minimum atomic E-state index is -0.997. The molecule has 0 saturated carbocycles. The molecule has 1 aromatic heterocycles. The Balaban J connectivity index is 3.03. The highest BCUT2D eigenvalue weighted by molar-refractivity contribution is 9.10. The largest absolute Gasteiger partial charge is 0.465 e. The summed E-state index contributed by atoms with van der Waals surface area (Å²) < 4.78 is 0.732. The number of pyridine rings is 1. The normalized spacial score (nSPS) is 9.77. The van der Waals surface area contributed by atoms with Gasteiger partial charge in [-0.15, -0.1) is 0 Å². The molecule has 1 N–H and O–H groups in total. The third-order valence-electron chi connectivity index (χ3n) is 1.67. The van der Waals surface area contributed by atoms with Crippen molar-refractivity contribution < 1.29 is 9.90 Å². The minimum absolute atomic E-state index is 0.563. The Morgan fingerprint density at radius 3 is 2.77 bits per heavy atom. The van der Waals surface area contributed by atoms with Gasteiger partial charge in [-0.2, -0.15) is 0 Å². The summed E-state index contributed by atoms with van der Waals surface area (Å²) in [4.78, 5) is 15.7. The van der Waals surface area contributed by atoms with Gasteiger partial charge in [-0.3, -0.25) is 4.90 Å². The molecule has 0 spiro atoms. The molecule has 0 aliphatic carbocycles. The molecule has 1 amide bonds. The van der Waals surface area contributed by atoms with E-state index in [0.717, 1.165) is 15.1 Å². The number of carbonyl (C=O) groups is 1. The zero-order valence-corrected chi connectivity index (χ0v) is 8.87. The quantitative estimate of drug-likeness (QED) is 0.772. The van der Waals surface area contributed by atoms with Gasteiger partial charge in [0.05, 0.1) is 11.9 Å². The van der Waals surface area contributed by atoms with Crippen LogP contribution in [-0.4, -0.2) is 23.2 Å². The summed E-state index contributed by atoms with van der Waals surface area (Å²) in [5.41, 5.74) is 1.47. The zero-order chi connectivity index (χ0) is 10.0. The van der Waals surface area contributed by atoms with E-state index in [1.165, 1.54) is 13.2 Å². The number of aryl methyl sites for hydroxylation is 1. The molecule has 13 heavy (non-hydrogen) atoms. The number of halogens is 1. The molecule has 0 saturated heterocycles. The van der Waals surface area contributed by atoms with E-state index >= 15 is 0 Å². The Bertz CT molecular complexity index is 341. The van der Waals surface area contributed by atoms with Crippen molar-refractivity contribution in [3.63, 3.8) is 0 Å². The van der Waals surface area contributed by atoms with Gasteiger partial charge in [0, 0.05) is 7.05 Å². The van der Waals surface area contributed by atoms with Crippen LogP contribution in [0.3, 0.4) is 0 Å². The number of hydrogen-bond donors (Lipinski definition) is 1. The van der Waals surface area contributed by atoms with Crippen molar-refractivity contribution in [1.29, 1.82) is 0 Å². The van der Waals surface area contributed by atoms with Crippen LogP contribution in [0.1, 0.15) is 5.56 Å². The molecule has 0 radical (unpaired) electrons. The standard InChI is InChI=1S/C8H9BrN2O2/c1-5-3-6(4-10-7(5)9)11(2)8(12)13/h3-4H,1-2H3,(H,12,13). The van der Waals surface area contributed by atoms with Crippen LogP contribution in [0.25, 0.3) is 0 Å². The first-order chi connectivity index (χ1) is 6.02. The predicted molar refractivity (Wildman–Crippen MR) is 53.1 cm³/mol. The van der Waals surface area contributed by atoms with Crippen LogP contribution in [0.2, 0.25) is 0 Å². The van der Waals surface area contributed by atoms with Gasteiger partial charge < -0.3 is 5.11 Å². The predicted octanol–water partition coefficient (Wildman–Crippen LogP) is 2.27. The number of rotatable bonds is 1. The van der Waals surface area contributed by atoms with Gasteiger partial charge in [-0.25, -0.2) is 9.78 Å². The first kappa shape index (κ1) is 9.98. The second kappa shape index (κ2) is 3.74. The lowest BCUT2D eigenvalue weighted by Crippen LogP contribution is -2.23. The Morgan fingerprint density at radius 2 is 2.31 bits per heavy atom. The van der Waals surface area contributed by atoms with Gasteiger partial charge in [0.2, 0.25) is 0 Å². The number of nitrogens with zero attached hydrogens (tertiary/aromatic N) is 2. The van der Waals surface area contributed by atoms with Gasteiger partial charge >= 0.3 is 6.09 Å². The maximum Gasteiger partial charge on any atom is 0.411 e. The number of carboxylic acid groups (broad SMARTS) is 1. The lowest BCUT2D eigenvalue weighted by Gasteiger charge is -2.13. The van der Waals surface area contributed by atoms with E-state index in [2.05, 4.69) is 20.9 Å². The van der Waals surface area contributed by atoms with Crippen molar-refractivity contribution in [1.82, 2.24) is 4.98 Å². The molecule has 0 bridgehead atoms. The van der Waals surface area contributed by atoms with Crippen LogP contribution in [0, 0.1) is 6.92 Å². The fourth-order valence-electron chi connectivity index (χ4n) is 0.837. The molecule has 0 aliphatic rings. The molecule has 0 unspecified atom stereocenters. The smallest absolute Gasteiger partial charge is 0.411 e. The van der Waals surface area contributed by atoms with E-state index in [-0.39, 0.29) is 0 Å². The van der Waals surface area contributed by atoms with E-state index in [1.54, 1.807) is 6.07 Å². The second-order valence-electron chi connectivity index (χ2n) is 2.64. The molecule has 0 aliphatic heterocycles. The fraction of sp³-hybridized carbons (Fsp3) is 0.250. The molecule has 0 fully saturated rings. The van der Waals surface area contributed by atoms with Gasteiger partial charge in [-0.05, 0) is 34.5 Å². The van der Waals surface area contributed by atoms with Crippen molar-refractivity contribution in [3.8, 4) is 0 Å². The van der Waals surface area contributed by atoms with E-state index in [1.807, 2.05) is 6.92 Å². The van der Waals surface area contributed by atoms with Crippen molar-refractivity contribution in [3.05, 3.63) is 22.4 Å². The van der Waals surface area contributed by atoms with Crippen molar-refractivity contribution >= 4 is 27.7 Å². The van der Waals surface area contributed by atoms with Crippen LogP contribution >= 0.6 is 15.9 Å². The molecule has 5 heteroatoms. The third kappa shape index (κ3) is 2.18. The summed E-state index contributed by atoms with van der Waals surface area (Å²) in [6, 6.07) is 1.76. The van der Waals surface area contributed by atoms with Crippen LogP contribution < -0.4 is 4.90 Å². The van der Waals surface area contributed by atoms with Crippen LogP contribution in [0.4, 0.5) is 10.5 Å². The number of aromatic nitrogens is 1. The Hall–Kier alpha value is -1.10. The number of anilines is 1. The molecular weight excluding hydrogens is 236 g/mol. The summed E-state index contributed by atoms with van der Waals surface area (Å²) in [5, 5.41) is 8.68. The van der Waals surface area contributed by atoms with Crippen molar-refractivity contribution in [2.24, 2.45) is 0 Å². The maximum absolute atomic E-state index is 10.6. The Kier molecular flexibility index (Phi) is 2.87. The summed E-state index contributed by atoms with van der Waals surface area (Å²) in [5.74, 6) is 0. The average Bonchev–Trinajstić information content (AvgIpc) is 2.08. The van der Waals surface area contributed by atoms with Gasteiger partial charge in [-0.1, -0.05) is 0 Å². The lowest BCUT2D eigenvalue weighted by atomic mass is 10.3. The second-order valence-corrected chi connectivity index (χ2v) is 3.39. The fourth-order valence-corrected chi connectivity index (χ4v) is 1.05. The molecule has 1 aromatic rings. The first-order valence-electron chi connectivity index (χ1n) is 3.61. The Morgan fingerprint density at radius 1 is 1.69 bits per heavy atom.